The second-order valence-electron chi connectivity index (χ2n) is 3.63. The smallest absolute Gasteiger partial charge is 0.327 e. The minimum atomic E-state index is -1.07. The van der Waals surface area contributed by atoms with Gasteiger partial charge in [-0.05, 0) is 27.7 Å². The summed E-state index contributed by atoms with van der Waals surface area (Å²) in [4.78, 5) is 28.9. The average molecular weight is 271 g/mol. The van der Waals surface area contributed by atoms with E-state index in [-0.39, 0.29) is 13.2 Å². The number of aromatic nitrogens is 1. The van der Waals surface area contributed by atoms with E-state index >= 15 is 0 Å². The number of nitrogens with zero attached hydrogens (tertiary/aromatic N) is 1. The number of rotatable bonds is 5. The summed E-state index contributed by atoms with van der Waals surface area (Å²) in [5, 5.41) is 0.432. The van der Waals surface area contributed by atoms with Crippen molar-refractivity contribution >= 4 is 23.3 Å². The summed E-state index contributed by atoms with van der Waals surface area (Å²) in [6.45, 7) is 7.56. The summed E-state index contributed by atoms with van der Waals surface area (Å²) < 4.78 is 9.80. The van der Waals surface area contributed by atoms with E-state index in [0.717, 1.165) is 10.6 Å². The van der Waals surface area contributed by atoms with Crippen molar-refractivity contribution in [1.82, 2.24) is 4.98 Å². The fourth-order valence-electron chi connectivity index (χ4n) is 1.37. The van der Waals surface area contributed by atoms with Gasteiger partial charge in [0.05, 0.1) is 18.9 Å². The molecule has 18 heavy (non-hydrogen) atoms. The second kappa shape index (κ2) is 6.49. The molecular weight excluding hydrogens is 254 g/mol. The Kier molecular flexibility index (Phi) is 5.27. The van der Waals surface area contributed by atoms with Crippen LogP contribution in [0.5, 0.6) is 0 Å². The van der Waals surface area contributed by atoms with Crippen LogP contribution in [0.3, 0.4) is 0 Å². The van der Waals surface area contributed by atoms with Crippen LogP contribution in [0.15, 0.2) is 0 Å². The van der Waals surface area contributed by atoms with Gasteiger partial charge in [-0.2, -0.15) is 0 Å². The third kappa shape index (κ3) is 3.29. The summed E-state index contributed by atoms with van der Waals surface area (Å²) in [6, 6.07) is 0. The number of carbonyl (C=O) groups is 2. The molecule has 0 aliphatic carbocycles. The lowest BCUT2D eigenvalue weighted by Crippen LogP contribution is -2.26. The number of ether oxygens (including phenoxy) is 2. The predicted octanol–water partition coefficient (Wildman–Crippen LogP) is 1.97. The van der Waals surface area contributed by atoms with Crippen LogP contribution in [0, 0.1) is 13.8 Å². The van der Waals surface area contributed by atoms with Gasteiger partial charge in [-0.3, -0.25) is 9.59 Å². The molecule has 1 heterocycles. The molecule has 100 valence electrons. The highest BCUT2D eigenvalue weighted by atomic mass is 32.1. The quantitative estimate of drug-likeness (QED) is 0.605. The van der Waals surface area contributed by atoms with Crippen molar-refractivity contribution in [3.8, 4) is 0 Å². The fraction of sp³-hybridized carbons (Fsp3) is 0.583. The van der Waals surface area contributed by atoms with E-state index in [1.54, 1.807) is 13.8 Å². The van der Waals surface area contributed by atoms with Gasteiger partial charge in [0.25, 0.3) is 0 Å². The third-order valence-corrected chi connectivity index (χ3v) is 3.47. The van der Waals surface area contributed by atoms with Crippen LogP contribution in [0.25, 0.3) is 0 Å². The molecule has 0 saturated heterocycles. The number of hydrogen-bond acceptors (Lipinski definition) is 6. The normalized spacial score (nSPS) is 10.5. The summed E-state index contributed by atoms with van der Waals surface area (Å²) in [5.41, 5.74) is 0.814. The summed E-state index contributed by atoms with van der Waals surface area (Å²) in [6.07, 6.45) is 0. The van der Waals surface area contributed by atoms with Crippen molar-refractivity contribution in [1.29, 1.82) is 0 Å². The molecule has 0 aliphatic heterocycles. The van der Waals surface area contributed by atoms with Crippen molar-refractivity contribution in [2.24, 2.45) is 0 Å². The highest BCUT2D eigenvalue weighted by Gasteiger charge is 2.34. The van der Waals surface area contributed by atoms with E-state index in [4.69, 9.17) is 9.47 Å². The van der Waals surface area contributed by atoms with Gasteiger partial charge in [0.15, 0.2) is 0 Å². The minimum Gasteiger partial charge on any atom is -0.465 e. The molecule has 1 rings (SSSR count). The first-order chi connectivity index (χ1) is 8.51. The summed E-state index contributed by atoms with van der Waals surface area (Å²) in [5.74, 6) is -2.28. The summed E-state index contributed by atoms with van der Waals surface area (Å²) in [7, 11) is 0. The average Bonchev–Trinajstić information content (AvgIpc) is 2.59. The van der Waals surface area contributed by atoms with Crippen LogP contribution in [-0.2, 0) is 19.1 Å². The van der Waals surface area contributed by atoms with Gasteiger partial charge in [0.1, 0.15) is 5.01 Å². The fourth-order valence-corrected chi connectivity index (χ4v) is 2.37. The molecule has 0 aromatic carbocycles. The third-order valence-electron chi connectivity index (χ3n) is 2.34. The van der Waals surface area contributed by atoms with Crippen molar-refractivity contribution in [2.45, 2.75) is 33.6 Å². The Labute approximate surface area is 110 Å². The highest BCUT2D eigenvalue weighted by Crippen LogP contribution is 2.26. The molecule has 0 radical (unpaired) electrons. The highest BCUT2D eigenvalue weighted by molar-refractivity contribution is 7.12. The molecular formula is C12H17NO4S. The summed E-state index contributed by atoms with van der Waals surface area (Å²) >= 11 is 1.32. The molecule has 0 N–H and O–H groups in total. The lowest BCUT2D eigenvalue weighted by molar-refractivity contribution is -0.156. The van der Waals surface area contributed by atoms with Gasteiger partial charge in [-0.15, -0.1) is 11.3 Å². The number of carbonyl (C=O) groups excluding carboxylic acids is 2. The molecule has 0 atom stereocenters. The van der Waals surface area contributed by atoms with Crippen molar-refractivity contribution < 1.29 is 19.1 Å². The molecule has 0 aliphatic rings. The van der Waals surface area contributed by atoms with E-state index in [0.29, 0.717) is 5.01 Å². The van der Waals surface area contributed by atoms with Gasteiger partial charge < -0.3 is 9.47 Å². The van der Waals surface area contributed by atoms with Crippen LogP contribution < -0.4 is 0 Å². The Hall–Kier alpha value is -1.43. The van der Waals surface area contributed by atoms with Gasteiger partial charge in [0.2, 0.25) is 5.92 Å². The van der Waals surface area contributed by atoms with Gasteiger partial charge >= 0.3 is 11.9 Å². The molecule has 6 heteroatoms. The van der Waals surface area contributed by atoms with Crippen LogP contribution in [0.1, 0.15) is 35.3 Å². The monoisotopic (exact) mass is 271 g/mol. The van der Waals surface area contributed by atoms with Crippen molar-refractivity contribution in [3.05, 3.63) is 15.6 Å². The molecule has 0 saturated carbocycles. The van der Waals surface area contributed by atoms with Crippen LogP contribution >= 0.6 is 11.3 Å². The Balaban J connectivity index is 3.03. The molecule has 0 fully saturated rings. The van der Waals surface area contributed by atoms with Gasteiger partial charge in [-0.25, -0.2) is 4.98 Å². The molecule has 0 unspecified atom stereocenters. The number of thiazole rings is 1. The van der Waals surface area contributed by atoms with Gasteiger partial charge in [0, 0.05) is 4.88 Å². The largest absolute Gasteiger partial charge is 0.465 e. The number of aryl methyl sites for hydroxylation is 2. The van der Waals surface area contributed by atoms with Crippen LogP contribution in [0.2, 0.25) is 0 Å². The first-order valence-corrected chi connectivity index (χ1v) is 6.60. The first kappa shape index (κ1) is 14.6. The van der Waals surface area contributed by atoms with Crippen molar-refractivity contribution in [3.63, 3.8) is 0 Å². The maximum atomic E-state index is 11.8. The van der Waals surface area contributed by atoms with E-state index in [1.807, 2.05) is 13.8 Å². The van der Waals surface area contributed by atoms with Crippen LogP contribution in [0.4, 0.5) is 0 Å². The van der Waals surface area contributed by atoms with E-state index in [9.17, 15) is 9.59 Å². The number of esters is 2. The zero-order valence-electron chi connectivity index (χ0n) is 11.0. The van der Waals surface area contributed by atoms with Crippen LogP contribution in [-0.4, -0.2) is 30.1 Å². The van der Waals surface area contributed by atoms with Crippen molar-refractivity contribution in [2.75, 3.05) is 13.2 Å². The minimum absolute atomic E-state index is 0.220. The zero-order valence-corrected chi connectivity index (χ0v) is 11.8. The second-order valence-corrected chi connectivity index (χ2v) is 4.87. The molecule has 0 amide bonds. The lowest BCUT2D eigenvalue weighted by Gasteiger charge is -2.11. The lowest BCUT2D eigenvalue weighted by atomic mass is 10.1. The van der Waals surface area contributed by atoms with E-state index < -0.39 is 17.9 Å². The molecule has 5 nitrogen and oxygen atoms in total. The molecule has 0 spiro atoms. The SMILES string of the molecule is CCOC(=O)C(C(=O)OCC)c1nc(C)c(C)s1. The Morgan fingerprint density at radius 3 is 2.00 bits per heavy atom. The first-order valence-electron chi connectivity index (χ1n) is 5.78. The molecule has 1 aromatic heterocycles. The van der Waals surface area contributed by atoms with E-state index in [2.05, 4.69) is 4.98 Å². The number of hydrogen-bond donors (Lipinski definition) is 0. The molecule has 1 aromatic rings. The topological polar surface area (TPSA) is 65.5 Å². The Morgan fingerprint density at radius 2 is 1.67 bits per heavy atom. The Bertz CT molecular complexity index is 404. The zero-order chi connectivity index (χ0) is 13.7. The maximum Gasteiger partial charge on any atom is 0.327 e. The molecule has 0 bridgehead atoms. The predicted molar refractivity (Wildman–Crippen MR) is 67.6 cm³/mol. The Morgan fingerprint density at radius 1 is 1.17 bits per heavy atom. The standard InChI is InChI=1S/C12H17NO4S/c1-5-16-11(14)9(12(15)17-6-2)10-13-7(3)8(4)18-10/h9H,5-6H2,1-4H3. The maximum absolute atomic E-state index is 11.8. The van der Waals surface area contributed by atoms with Gasteiger partial charge in [-0.1, -0.05) is 0 Å². The van der Waals surface area contributed by atoms with E-state index in [1.165, 1.54) is 11.3 Å².